The molecule has 6 heteroatoms. The van der Waals surface area contributed by atoms with Gasteiger partial charge >= 0.3 is 0 Å². The molecule has 4 rings (SSSR count). The summed E-state index contributed by atoms with van der Waals surface area (Å²) in [6, 6.07) is 15.4. The van der Waals surface area contributed by atoms with Crippen molar-refractivity contribution < 1.29 is 9.59 Å². The first-order valence-electron chi connectivity index (χ1n) is 10.3. The van der Waals surface area contributed by atoms with E-state index < -0.39 is 0 Å². The van der Waals surface area contributed by atoms with Gasteiger partial charge in [-0.15, -0.1) is 0 Å². The van der Waals surface area contributed by atoms with Crippen LogP contribution in [0.15, 0.2) is 48.5 Å². The van der Waals surface area contributed by atoms with Crippen LogP contribution in [0.2, 0.25) is 0 Å². The quantitative estimate of drug-likeness (QED) is 0.791. The molecule has 0 saturated carbocycles. The molecule has 1 N–H and O–H groups in total. The molecule has 0 aliphatic carbocycles. The van der Waals surface area contributed by atoms with Gasteiger partial charge in [-0.05, 0) is 48.7 Å². The smallest absolute Gasteiger partial charge is 0.255 e. The predicted molar refractivity (Wildman–Crippen MR) is 120 cm³/mol. The summed E-state index contributed by atoms with van der Waals surface area (Å²) in [4.78, 5) is 28.9. The second-order valence-corrected chi connectivity index (χ2v) is 8.78. The van der Waals surface area contributed by atoms with E-state index in [0.717, 1.165) is 37.3 Å². The number of carbonyl (C=O) groups excluding carboxylic acids is 2. The van der Waals surface area contributed by atoms with Gasteiger partial charge in [0.15, 0.2) is 0 Å². The van der Waals surface area contributed by atoms with Crippen LogP contribution in [-0.2, 0) is 11.2 Å². The van der Waals surface area contributed by atoms with Gasteiger partial charge in [-0.2, -0.15) is 11.8 Å². The summed E-state index contributed by atoms with van der Waals surface area (Å²) in [7, 11) is 0. The third kappa shape index (κ3) is 5.19. The highest BCUT2D eigenvalue weighted by molar-refractivity contribution is 7.99. The van der Waals surface area contributed by atoms with Gasteiger partial charge in [-0.1, -0.05) is 18.2 Å². The Morgan fingerprint density at radius 2 is 1.83 bits per heavy atom. The minimum atomic E-state index is -0.155. The summed E-state index contributed by atoms with van der Waals surface area (Å²) < 4.78 is 0. The fourth-order valence-corrected chi connectivity index (χ4v) is 4.78. The molecule has 0 aromatic heterocycles. The molecule has 0 atom stereocenters. The minimum absolute atomic E-state index is 0.126. The van der Waals surface area contributed by atoms with Crippen LogP contribution in [0.25, 0.3) is 0 Å². The second kappa shape index (κ2) is 9.46. The van der Waals surface area contributed by atoms with Crippen molar-refractivity contribution in [2.45, 2.75) is 19.3 Å². The van der Waals surface area contributed by atoms with Gasteiger partial charge in [0.25, 0.3) is 5.91 Å². The Bertz CT molecular complexity index is 863. The standard InChI is InChI=1S/C23H27N3O2S/c27-22-5-2-11-26(22)21-4-1-3-19(17-21)23(28)24-20-8-6-18(7-9-20)10-12-25-13-15-29-16-14-25/h1,3-4,6-9,17H,2,5,10-16H2,(H,24,28). The van der Waals surface area contributed by atoms with Crippen LogP contribution in [-0.4, -0.2) is 54.4 Å². The van der Waals surface area contributed by atoms with Gasteiger partial charge in [-0.3, -0.25) is 9.59 Å². The average Bonchev–Trinajstić information content (AvgIpc) is 3.20. The maximum Gasteiger partial charge on any atom is 0.255 e. The summed E-state index contributed by atoms with van der Waals surface area (Å²) in [5, 5.41) is 2.96. The lowest BCUT2D eigenvalue weighted by molar-refractivity contribution is -0.117. The third-order valence-corrected chi connectivity index (χ3v) is 6.47. The van der Waals surface area contributed by atoms with E-state index >= 15 is 0 Å². The van der Waals surface area contributed by atoms with Crippen LogP contribution in [0.5, 0.6) is 0 Å². The summed E-state index contributed by atoms with van der Waals surface area (Å²) in [5.41, 5.74) is 3.44. The SMILES string of the molecule is O=C(Nc1ccc(CCN2CCSCC2)cc1)c1cccc(N2CCCC2=O)c1. The van der Waals surface area contributed by atoms with Crippen molar-refractivity contribution in [2.24, 2.45) is 0 Å². The van der Waals surface area contributed by atoms with Crippen LogP contribution in [0, 0.1) is 0 Å². The Morgan fingerprint density at radius 1 is 1.03 bits per heavy atom. The van der Waals surface area contributed by atoms with Gasteiger partial charge in [-0.25, -0.2) is 0 Å². The fraction of sp³-hybridized carbons (Fsp3) is 0.391. The summed E-state index contributed by atoms with van der Waals surface area (Å²) in [6.07, 6.45) is 2.49. The Labute approximate surface area is 176 Å². The number of anilines is 2. The molecule has 2 aromatic rings. The molecular weight excluding hydrogens is 382 g/mol. The molecule has 2 aliphatic heterocycles. The molecule has 152 valence electrons. The lowest BCUT2D eigenvalue weighted by Crippen LogP contribution is -2.34. The van der Waals surface area contributed by atoms with Crippen LogP contribution in [0.4, 0.5) is 11.4 Å². The molecule has 5 nitrogen and oxygen atoms in total. The number of nitrogens with zero attached hydrogens (tertiary/aromatic N) is 2. The molecule has 0 radical (unpaired) electrons. The molecule has 2 heterocycles. The van der Waals surface area contributed by atoms with Gasteiger partial charge in [0.1, 0.15) is 0 Å². The maximum atomic E-state index is 12.7. The number of carbonyl (C=O) groups is 2. The first-order chi connectivity index (χ1) is 14.2. The van der Waals surface area contributed by atoms with Crippen LogP contribution >= 0.6 is 11.8 Å². The zero-order chi connectivity index (χ0) is 20.1. The molecule has 0 spiro atoms. The molecule has 0 unspecified atom stereocenters. The fourth-order valence-electron chi connectivity index (χ4n) is 3.81. The number of amides is 2. The van der Waals surface area contributed by atoms with E-state index in [1.165, 1.54) is 30.2 Å². The first-order valence-corrected chi connectivity index (χ1v) is 11.5. The first kappa shape index (κ1) is 20.0. The lowest BCUT2D eigenvalue weighted by atomic mass is 10.1. The van der Waals surface area contributed by atoms with Crippen molar-refractivity contribution in [2.75, 3.05) is 47.9 Å². The highest BCUT2D eigenvalue weighted by Gasteiger charge is 2.22. The maximum absolute atomic E-state index is 12.7. The number of benzene rings is 2. The molecule has 2 saturated heterocycles. The molecule has 2 fully saturated rings. The highest BCUT2D eigenvalue weighted by Crippen LogP contribution is 2.23. The predicted octanol–water partition coefficient (Wildman–Crippen LogP) is 3.66. The molecular formula is C23H27N3O2S. The van der Waals surface area contributed by atoms with Crippen molar-refractivity contribution in [3.63, 3.8) is 0 Å². The second-order valence-electron chi connectivity index (χ2n) is 7.55. The molecule has 0 bridgehead atoms. The lowest BCUT2D eigenvalue weighted by Gasteiger charge is -2.26. The van der Waals surface area contributed by atoms with Gasteiger partial charge in [0.2, 0.25) is 5.91 Å². The van der Waals surface area contributed by atoms with Crippen LogP contribution < -0.4 is 10.2 Å². The van der Waals surface area contributed by atoms with Crippen molar-refractivity contribution in [1.82, 2.24) is 4.90 Å². The number of hydrogen-bond acceptors (Lipinski definition) is 4. The molecule has 2 aliphatic rings. The topological polar surface area (TPSA) is 52.7 Å². The average molecular weight is 410 g/mol. The zero-order valence-corrected chi connectivity index (χ0v) is 17.4. The molecule has 2 amide bonds. The summed E-state index contributed by atoms with van der Waals surface area (Å²) >= 11 is 2.03. The van der Waals surface area contributed by atoms with E-state index in [2.05, 4.69) is 22.3 Å². The Hall–Kier alpha value is -2.31. The zero-order valence-electron chi connectivity index (χ0n) is 16.6. The van der Waals surface area contributed by atoms with E-state index in [1.807, 2.05) is 36.0 Å². The van der Waals surface area contributed by atoms with E-state index in [0.29, 0.717) is 12.0 Å². The minimum Gasteiger partial charge on any atom is -0.322 e. The summed E-state index contributed by atoms with van der Waals surface area (Å²) in [6.45, 7) is 4.18. The van der Waals surface area contributed by atoms with Crippen LogP contribution in [0.3, 0.4) is 0 Å². The van der Waals surface area contributed by atoms with Gasteiger partial charge in [0, 0.05) is 61.0 Å². The normalized spacial score (nSPS) is 17.5. The molecule has 2 aromatic carbocycles. The number of hydrogen-bond donors (Lipinski definition) is 1. The largest absolute Gasteiger partial charge is 0.322 e. The van der Waals surface area contributed by atoms with Crippen molar-refractivity contribution >= 4 is 35.0 Å². The van der Waals surface area contributed by atoms with Crippen molar-refractivity contribution in [1.29, 1.82) is 0 Å². The van der Waals surface area contributed by atoms with Crippen LogP contribution in [0.1, 0.15) is 28.8 Å². The highest BCUT2D eigenvalue weighted by atomic mass is 32.2. The monoisotopic (exact) mass is 409 g/mol. The van der Waals surface area contributed by atoms with Gasteiger partial charge in [0.05, 0.1) is 0 Å². The number of thioether (sulfide) groups is 1. The van der Waals surface area contributed by atoms with E-state index in [9.17, 15) is 9.59 Å². The van der Waals surface area contributed by atoms with Crippen molar-refractivity contribution in [3.05, 3.63) is 59.7 Å². The van der Waals surface area contributed by atoms with E-state index in [4.69, 9.17) is 0 Å². The van der Waals surface area contributed by atoms with Gasteiger partial charge < -0.3 is 15.1 Å². The van der Waals surface area contributed by atoms with Crippen molar-refractivity contribution in [3.8, 4) is 0 Å². The molecule has 29 heavy (non-hydrogen) atoms. The van der Waals surface area contributed by atoms with E-state index in [-0.39, 0.29) is 11.8 Å². The third-order valence-electron chi connectivity index (χ3n) is 5.53. The van der Waals surface area contributed by atoms with E-state index in [1.54, 1.807) is 17.0 Å². The number of nitrogens with one attached hydrogen (secondary N) is 1. The summed E-state index contributed by atoms with van der Waals surface area (Å²) in [5.74, 6) is 2.44. The Morgan fingerprint density at radius 3 is 2.55 bits per heavy atom. The Balaban J connectivity index is 1.34. The Kier molecular flexibility index (Phi) is 6.52. The number of rotatable bonds is 6.